The predicted octanol–water partition coefficient (Wildman–Crippen LogP) is 1.88. The van der Waals surface area contributed by atoms with Gasteiger partial charge in [0.2, 0.25) is 5.91 Å². The number of fused-ring (bicyclic) bond motifs is 1. The van der Waals surface area contributed by atoms with Crippen LogP contribution in [0.15, 0.2) is 22.6 Å². The fraction of sp³-hybridized carbons (Fsp3) is 0.588. The maximum atomic E-state index is 12.7. The van der Waals surface area contributed by atoms with Crippen LogP contribution in [-0.2, 0) is 16.1 Å². The maximum absolute atomic E-state index is 12.7. The van der Waals surface area contributed by atoms with E-state index in [4.69, 9.17) is 4.74 Å². The summed E-state index contributed by atoms with van der Waals surface area (Å²) in [4.78, 5) is 32.1. The highest BCUT2D eigenvalue weighted by molar-refractivity contribution is 7.16. The van der Waals surface area contributed by atoms with Crippen molar-refractivity contribution < 1.29 is 9.53 Å². The van der Waals surface area contributed by atoms with Gasteiger partial charge in [-0.1, -0.05) is 0 Å². The van der Waals surface area contributed by atoms with Crippen molar-refractivity contribution in [3.05, 3.63) is 28.1 Å². The molecule has 2 fully saturated rings. The first-order valence-electron chi connectivity index (χ1n) is 8.52. The maximum Gasteiger partial charge on any atom is 0.262 e. The zero-order valence-electron chi connectivity index (χ0n) is 13.5. The van der Waals surface area contributed by atoms with Gasteiger partial charge in [0.15, 0.2) is 0 Å². The second kappa shape index (κ2) is 6.64. The number of thiophene rings is 1. The number of aromatic nitrogens is 2. The smallest absolute Gasteiger partial charge is 0.262 e. The predicted molar refractivity (Wildman–Crippen MR) is 92.2 cm³/mol. The van der Waals surface area contributed by atoms with Crippen LogP contribution < -0.4 is 5.56 Å². The van der Waals surface area contributed by atoms with Gasteiger partial charge in [-0.15, -0.1) is 11.3 Å². The lowest BCUT2D eigenvalue weighted by Crippen LogP contribution is -2.38. The van der Waals surface area contributed by atoms with Gasteiger partial charge in [0.25, 0.3) is 5.56 Å². The Labute approximate surface area is 144 Å². The molecule has 7 heteroatoms. The number of rotatable bonds is 6. The number of carbonyl (C=O) groups is 1. The van der Waals surface area contributed by atoms with Gasteiger partial charge < -0.3 is 9.64 Å². The van der Waals surface area contributed by atoms with Crippen LogP contribution in [0.5, 0.6) is 0 Å². The number of ether oxygens (including phenoxy) is 1. The molecular weight excluding hydrogens is 326 g/mol. The molecule has 6 nitrogen and oxygen atoms in total. The van der Waals surface area contributed by atoms with Crippen LogP contribution in [0.3, 0.4) is 0 Å². The van der Waals surface area contributed by atoms with E-state index in [1.54, 1.807) is 17.0 Å². The van der Waals surface area contributed by atoms with E-state index < -0.39 is 0 Å². The van der Waals surface area contributed by atoms with Crippen molar-refractivity contribution in [3.8, 4) is 0 Å². The molecule has 1 atom stereocenters. The summed E-state index contributed by atoms with van der Waals surface area (Å²) in [6.07, 6.45) is 5.14. The van der Waals surface area contributed by atoms with Crippen LogP contribution in [0.1, 0.15) is 25.7 Å². The summed E-state index contributed by atoms with van der Waals surface area (Å²) in [5.41, 5.74) is -0.0591. The second-order valence-electron chi connectivity index (χ2n) is 6.64. The minimum Gasteiger partial charge on any atom is -0.381 e. The molecule has 0 aromatic carbocycles. The summed E-state index contributed by atoms with van der Waals surface area (Å²) in [5.74, 6) is 0.600. The summed E-state index contributed by atoms with van der Waals surface area (Å²) < 4.78 is 6.98. The highest BCUT2D eigenvalue weighted by Crippen LogP contribution is 2.29. The molecule has 1 saturated carbocycles. The Bertz CT molecular complexity index is 790. The third-order valence-electron chi connectivity index (χ3n) is 4.80. The Morgan fingerprint density at radius 3 is 3.04 bits per heavy atom. The van der Waals surface area contributed by atoms with Gasteiger partial charge in [-0.2, -0.15) is 0 Å². The number of carbonyl (C=O) groups excluding carboxylic acids is 1. The molecule has 3 heterocycles. The molecule has 24 heavy (non-hydrogen) atoms. The van der Waals surface area contributed by atoms with E-state index in [9.17, 15) is 9.59 Å². The Balaban J connectivity index is 1.42. The van der Waals surface area contributed by atoms with Gasteiger partial charge >= 0.3 is 0 Å². The molecule has 0 N–H and O–H groups in total. The van der Waals surface area contributed by atoms with Gasteiger partial charge in [-0.25, -0.2) is 4.98 Å². The van der Waals surface area contributed by atoms with Crippen molar-refractivity contribution in [1.82, 2.24) is 14.5 Å². The monoisotopic (exact) mass is 347 g/mol. The fourth-order valence-electron chi connectivity index (χ4n) is 3.26. The molecule has 2 aliphatic rings. The number of nitrogens with zero attached hydrogens (tertiary/aromatic N) is 3. The molecule has 0 unspecified atom stereocenters. The van der Waals surface area contributed by atoms with Gasteiger partial charge in [0.1, 0.15) is 4.83 Å². The summed E-state index contributed by atoms with van der Waals surface area (Å²) >= 11 is 1.46. The standard InChI is InChI=1S/C17H21N3O3S/c21-15(20(13-1-2-13)9-12-4-7-23-10-12)3-6-19-11-18-16-14(17(19)22)5-8-24-16/h5,8,11-13H,1-4,6-7,9-10H2/t12-/m0/s1. The van der Waals surface area contributed by atoms with Crippen molar-refractivity contribution >= 4 is 27.5 Å². The Morgan fingerprint density at radius 1 is 1.42 bits per heavy atom. The van der Waals surface area contributed by atoms with E-state index in [2.05, 4.69) is 4.98 Å². The quantitative estimate of drug-likeness (QED) is 0.800. The summed E-state index contributed by atoms with van der Waals surface area (Å²) in [6.45, 7) is 2.74. The summed E-state index contributed by atoms with van der Waals surface area (Å²) in [7, 11) is 0. The van der Waals surface area contributed by atoms with Gasteiger partial charge in [0.05, 0.1) is 18.3 Å². The lowest BCUT2D eigenvalue weighted by atomic mass is 10.1. The molecular formula is C17H21N3O3S. The number of hydrogen-bond acceptors (Lipinski definition) is 5. The van der Waals surface area contributed by atoms with Crippen molar-refractivity contribution in [2.75, 3.05) is 19.8 Å². The molecule has 128 valence electrons. The van der Waals surface area contributed by atoms with Crippen LogP contribution in [0, 0.1) is 5.92 Å². The van der Waals surface area contributed by atoms with Gasteiger partial charge in [-0.05, 0) is 30.7 Å². The molecule has 1 saturated heterocycles. The zero-order valence-corrected chi connectivity index (χ0v) is 14.3. The molecule has 4 rings (SSSR count). The zero-order chi connectivity index (χ0) is 16.5. The molecule has 2 aromatic heterocycles. The van der Waals surface area contributed by atoms with Gasteiger partial charge in [0, 0.05) is 38.1 Å². The highest BCUT2D eigenvalue weighted by Gasteiger charge is 2.34. The molecule has 1 amide bonds. The normalized spacial score (nSPS) is 20.6. The van der Waals surface area contributed by atoms with Crippen LogP contribution in [-0.4, -0.2) is 46.2 Å². The van der Waals surface area contributed by atoms with Crippen LogP contribution >= 0.6 is 11.3 Å². The molecule has 0 radical (unpaired) electrons. The lowest BCUT2D eigenvalue weighted by Gasteiger charge is -2.25. The van der Waals surface area contributed by atoms with Crippen LogP contribution in [0.2, 0.25) is 0 Å². The van der Waals surface area contributed by atoms with Gasteiger partial charge in [-0.3, -0.25) is 14.2 Å². The molecule has 1 aliphatic carbocycles. The first kappa shape index (κ1) is 15.8. The van der Waals surface area contributed by atoms with Crippen molar-refractivity contribution in [3.63, 3.8) is 0 Å². The van der Waals surface area contributed by atoms with Crippen LogP contribution in [0.25, 0.3) is 10.2 Å². The number of amides is 1. The molecule has 2 aromatic rings. The van der Waals surface area contributed by atoms with Crippen LogP contribution in [0.4, 0.5) is 0 Å². The van der Waals surface area contributed by atoms with E-state index in [0.717, 1.165) is 43.9 Å². The molecule has 0 bridgehead atoms. The summed E-state index contributed by atoms with van der Waals surface area (Å²) in [5, 5.41) is 2.50. The first-order chi connectivity index (χ1) is 11.7. The lowest BCUT2D eigenvalue weighted by molar-refractivity contribution is -0.132. The number of hydrogen-bond donors (Lipinski definition) is 0. The Kier molecular flexibility index (Phi) is 4.37. The Morgan fingerprint density at radius 2 is 2.29 bits per heavy atom. The number of aryl methyl sites for hydroxylation is 1. The second-order valence-corrected chi connectivity index (χ2v) is 7.53. The largest absolute Gasteiger partial charge is 0.381 e. The molecule has 0 spiro atoms. The SMILES string of the molecule is O=C(CCn1cnc2sccc2c1=O)N(C[C@@H]1CCOC1)C1CC1. The Hall–Kier alpha value is -1.73. The van der Waals surface area contributed by atoms with Crippen molar-refractivity contribution in [1.29, 1.82) is 0 Å². The minimum atomic E-state index is -0.0591. The molecule has 1 aliphatic heterocycles. The van der Waals surface area contributed by atoms with Crippen molar-refractivity contribution in [2.24, 2.45) is 5.92 Å². The topological polar surface area (TPSA) is 64.4 Å². The fourth-order valence-corrected chi connectivity index (χ4v) is 3.98. The third kappa shape index (κ3) is 3.23. The third-order valence-corrected chi connectivity index (χ3v) is 5.62. The first-order valence-corrected chi connectivity index (χ1v) is 9.40. The van der Waals surface area contributed by atoms with Crippen molar-refractivity contribution in [2.45, 2.75) is 38.3 Å². The van der Waals surface area contributed by atoms with E-state index in [1.165, 1.54) is 11.3 Å². The summed E-state index contributed by atoms with van der Waals surface area (Å²) in [6, 6.07) is 2.19. The van der Waals surface area contributed by atoms with E-state index in [-0.39, 0.29) is 11.5 Å². The average molecular weight is 347 g/mol. The highest BCUT2D eigenvalue weighted by atomic mass is 32.1. The average Bonchev–Trinajstić information content (AvgIpc) is 3.09. The minimum absolute atomic E-state index is 0.0591. The van der Waals surface area contributed by atoms with E-state index >= 15 is 0 Å². The van der Waals surface area contributed by atoms with E-state index in [1.807, 2.05) is 10.3 Å². The van der Waals surface area contributed by atoms with E-state index in [0.29, 0.717) is 30.3 Å².